The molecule has 4 nitrogen and oxygen atoms in total. The highest BCUT2D eigenvalue weighted by Gasteiger charge is 2.00. The molecule has 0 radical (unpaired) electrons. The average molecular weight is 256 g/mol. The quantitative estimate of drug-likeness (QED) is 0.779. The molecule has 0 saturated heterocycles. The fourth-order valence-electron chi connectivity index (χ4n) is 1.71. The van der Waals surface area contributed by atoms with Gasteiger partial charge in [0.25, 0.3) is 0 Å². The molecule has 3 aromatic rings. The molecule has 1 N–H and O–H groups in total. The number of hydrogen-bond donors (Lipinski definition) is 1. The average Bonchev–Trinajstić information content (AvgIpc) is 2.87. The summed E-state index contributed by atoms with van der Waals surface area (Å²) in [6.07, 6.45) is 6.43. The number of nitrogens with zero attached hydrogens (tertiary/aromatic N) is 3. The van der Waals surface area contributed by atoms with E-state index < -0.39 is 0 Å². The van der Waals surface area contributed by atoms with Crippen LogP contribution in [0.1, 0.15) is 5.56 Å². The molecule has 0 amide bonds. The molecule has 0 aromatic carbocycles. The van der Waals surface area contributed by atoms with Crippen molar-refractivity contribution >= 4 is 27.5 Å². The first-order valence-electron chi connectivity index (χ1n) is 5.75. The van der Waals surface area contributed by atoms with Crippen LogP contribution >= 0.6 is 11.3 Å². The molecule has 18 heavy (non-hydrogen) atoms. The predicted octanol–water partition coefficient (Wildman–Crippen LogP) is 2.74. The molecule has 0 spiro atoms. The van der Waals surface area contributed by atoms with Crippen LogP contribution in [-0.4, -0.2) is 21.5 Å². The smallest absolute Gasteiger partial charge is 0.224 e. The first-order chi connectivity index (χ1) is 8.92. The van der Waals surface area contributed by atoms with Gasteiger partial charge in [0.15, 0.2) is 0 Å². The topological polar surface area (TPSA) is 50.7 Å². The first-order valence-corrected chi connectivity index (χ1v) is 6.63. The van der Waals surface area contributed by atoms with E-state index in [-0.39, 0.29) is 0 Å². The Morgan fingerprint density at radius 1 is 1.22 bits per heavy atom. The van der Waals surface area contributed by atoms with Crippen molar-refractivity contribution < 1.29 is 0 Å². The van der Waals surface area contributed by atoms with Gasteiger partial charge in [0.1, 0.15) is 4.83 Å². The normalized spacial score (nSPS) is 10.7. The van der Waals surface area contributed by atoms with Gasteiger partial charge in [-0.15, -0.1) is 11.3 Å². The Labute approximate surface area is 109 Å². The lowest BCUT2D eigenvalue weighted by atomic mass is 10.2. The summed E-state index contributed by atoms with van der Waals surface area (Å²) in [6, 6.07) is 6.04. The number of thiophene rings is 1. The second-order valence-corrected chi connectivity index (χ2v) is 4.81. The van der Waals surface area contributed by atoms with Crippen LogP contribution in [0.2, 0.25) is 0 Å². The summed E-state index contributed by atoms with van der Waals surface area (Å²) in [5, 5.41) is 6.35. The molecule has 0 bridgehead atoms. The van der Waals surface area contributed by atoms with Crippen molar-refractivity contribution in [1.29, 1.82) is 0 Å². The molecule has 3 heterocycles. The molecule has 5 heteroatoms. The van der Waals surface area contributed by atoms with Gasteiger partial charge >= 0.3 is 0 Å². The molecule has 3 rings (SSSR count). The number of fused-ring (bicyclic) bond motifs is 1. The van der Waals surface area contributed by atoms with Gasteiger partial charge in [-0.2, -0.15) is 0 Å². The SMILES string of the molecule is c1cncc(CCNc2ncc3ccsc3n2)c1. The Morgan fingerprint density at radius 3 is 3.11 bits per heavy atom. The number of pyridine rings is 1. The summed E-state index contributed by atoms with van der Waals surface area (Å²) in [5.41, 5.74) is 1.21. The van der Waals surface area contributed by atoms with Crippen LogP contribution in [0.5, 0.6) is 0 Å². The summed E-state index contributed by atoms with van der Waals surface area (Å²) in [5.74, 6) is 0.689. The van der Waals surface area contributed by atoms with Crippen molar-refractivity contribution in [2.75, 3.05) is 11.9 Å². The summed E-state index contributed by atoms with van der Waals surface area (Å²) >= 11 is 1.63. The van der Waals surface area contributed by atoms with Crippen molar-refractivity contribution in [3.63, 3.8) is 0 Å². The summed E-state index contributed by atoms with van der Waals surface area (Å²) in [4.78, 5) is 13.8. The van der Waals surface area contributed by atoms with Gasteiger partial charge in [-0.05, 0) is 29.5 Å². The van der Waals surface area contributed by atoms with Crippen LogP contribution in [0.25, 0.3) is 10.2 Å². The van der Waals surface area contributed by atoms with Crippen LogP contribution in [-0.2, 0) is 6.42 Å². The van der Waals surface area contributed by atoms with Crippen molar-refractivity contribution in [2.45, 2.75) is 6.42 Å². The zero-order valence-corrected chi connectivity index (χ0v) is 10.5. The summed E-state index contributed by atoms with van der Waals surface area (Å²) < 4.78 is 0. The van der Waals surface area contributed by atoms with Crippen LogP contribution in [0.4, 0.5) is 5.95 Å². The van der Waals surface area contributed by atoms with Crippen LogP contribution in [0, 0.1) is 0 Å². The highest BCUT2D eigenvalue weighted by Crippen LogP contribution is 2.18. The third-order valence-electron chi connectivity index (χ3n) is 2.63. The lowest BCUT2D eigenvalue weighted by Gasteiger charge is -2.04. The molecular weight excluding hydrogens is 244 g/mol. The second-order valence-electron chi connectivity index (χ2n) is 3.91. The van der Waals surface area contributed by atoms with E-state index in [1.54, 1.807) is 17.5 Å². The van der Waals surface area contributed by atoms with Crippen molar-refractivity contribution in [1.82, 2.24) is 15.0 Å². The minimum atomic E-state index is 0.689. The number of nitrogens with one attached hydrogen (secondary N) is 1. The molecule has 0 aliphatic rings. The largest absolute Gasteiger partial charge is 0.354 e. The van der Waals surface area contributed by atoms with E-state index in [0.717, 1.165) is 23.2 Å². The highest BCUT2D eigenvalue weighted by molar-refractivity contribution is 7.16. The maximum Gasteiger partial charge on any atom is 0.224 e. The van der Waals surface area contributed by atoms with Crippen molar-refractivity contribution in [2.24, 2.45) is 0 Å². The molecule has 0 aliphatic carbocycles. The minimum Gasteiger partial charge on any atom is -0.354 e. The number of rotatable bonds is 4. The molecule has 0 fully saturated rings. The number of anilines is 1. The Hall–Kier alpha value is -2.01. The number of hydrogen-bond acceptors (Lipinski definition) is 5. The Kier molecular flexibility index (Phi) is 3.14. The van der Waals surface area contributed by atoms with Crippen LogP contribution in [0.15, 0.2) is 42.2 Å². The third kappa shape index (κ3) is 2.46. The van der Waals surface area contributed by atoms with E-state index in [0.29, 0.717) is 5.95 Å². The molecule has 90 valence electrons. The molecule has 0 saturated carbocycles. The highest BCUT2D eigenvalue weighted by atomic mass is 32.1. The van der Waals surface area contributed by atoms with Gasteiger partial charge < -0.3 is 5.32 Å². The number of aromatic nitrogens is 3. The van der Waals surface area contributed by atoms with Crippen LogP contribution < -0.4 is 5.32 Å². The van der Waals surface area contributed by atoms with Crippen LogP contribution in [0.3, 0.4) is 0 Å². The van der Waals surface area contributed by atoms with E-state index in [2.05, 4.69) is 26.3 Å². The standard InChI is InChI=1S/C13H12N4S/c1-2-10(8-14-5-1)3-6-15-13-16-9-11-4-7-18-12(11)17-13/h1-2,4-5,7-9H,3,6H2,(H,15,16,17). The monoisotopic (exact) mass is 256 g/mol. The maximum atomic E-state index is 4.45. The Balaban J connectivity index is 1.62. The zero-order valence-electron chi connectivity index (χ0n) is 9.71. The fraction of sp³-hybridized carbons (Fsp3) is 0.154. The molecule has 0 unspecified atom stereocenters. The van der Waals surface area contributed by atoms with Gasteiger partial charge in [0, 0.05) is 30.5 Å². The Morgan fingerprint density at radius 2 is 2.22 bits per heavy atom. The molecule has 3 aromatic heterocycles. The molecule has 0 aliphatic heterocycles. The minimum absolute atomic E-state index is 0.689. The van der Waals surface area contributed by atoms with E-state index >= 15 is 0 Å². The van der Waals surface area contributed by atoms with E-state index in [4.69, 9.17) is 0 Å². The molecular formula is C13H12N4S. The Bertz CT molecular complexity index is 636. The van der Waals surface area contributed by atoms with Crippen molar-refractivity contribution in [3.8, 4) is 0 Å². The van der Waals surface area contributed by atoms with E-state index in [9.17, 15) is 0 Å². The van der Waals surface area contributed by atoms with E-state index in [1.165, 1.54) is 5.56 Å². The van der Waals surface area contributed by atoms with Gasteiger partial charge in [0.05, 0.1) is 0 Å². The lowest BCUT2D eigenvalue weighted by Crippen LogP contribution is -2.07. The maximum absolute atomic E-state index is 4.45. The van der Waals surface area contributed by atoms with Gasteiger partial charge in [0.2, 0.25) is 5.95 Å². The van der Waals surface area contributed by atoms with E-state index in [1.807, 2.05) is 29.9 Å². The fourth-order valence-corrected chi connectivity index (χ4v) is 2.45. The lowest BCUT2D eigenvalue weighted by molar-refractivity contribution is 0.981. The summed E-state index contributed by atoms with van der Waals surface area (Å²) in [6.45, 7) is 0.808. The van der Waals surface area contributed by atoms with Gasteiger partial charge in [-0.1, -0.05) is 6.07 Å². The summed E-state index contributed by atoms with van der Waals surface area (Å²) in [7, 11) is 0. The van der Waals surface area contributed by atoms with Crippen molar-refractivity contribution in [3.05, 3.63) is 47.7 Å². The van der Waals surface area contributed by atoms with Gasteiger partial charge in [-0.3, -0.25) is 4.98 Å². The molecule has 0 atom stereocenters. The third-order valence-corrected chi connectivity index (χ3v) is 3.45. The second kappa shape index (κ2) is 5.10. The first kappa shape index (κ1) is 11.1. The van der Waals surface area contributed by atoms with Gasteiger partial charge in [-0.25, -0.2) is 9.97 Å². The zero-order chi connectivity index (χ0) is 12.2. The predicted molar refractivity (Wildman–Crippen MR) is 73.8 cm³/mol.